The molecule has 0 bridgehead atoms. The van der Waals surface area contributed by atoms with Crippen LogP contribution in [0.25, 0.3) is 44.3 Å². The van der Waals surface area contributed by atoms with E-state index < -0.39 is 0 Å². The molecule has 47 heavy (non-hydrogen) atoms. The van der Waals surface area contributed by atoms with Gasteiger partial charge in [-0.25, -0.2) is 4.98 Å². The van der Waals surface area contributed by atoms with E-state index in [4.69, 9.17) is 8.83 Å². The van der Waals surface area contributed by atoms with Crippen LogP contribution >= 0.6 is 11.8 Å². The molecule has 6 nitrogen and oxygen atoms in total. The third kappa shape index (κ3) is 7.77. The minimum absolute atomic E-state index is 0. The third-order valence-electron chi connectivity index (χ3n) is 9.65. The second-order valence-corrected chi connectivity index (χ2v) is 14.4. The zero-order chi connectivity index (χ0) is 33.9. The van der Waals surface area contributed by atoms with Gasteiger partial charge in [0.1, 0.15) is 12.1 Å². The van der Waals surface area contributed by atoms with Crippen LogP contribution in [0, 0.1) is 16.9 Å². The van der Waals surface area contributed by atoms with E-state index in [1.165, 1.54) is 18.0 Å². The Morgan fingerprint density at radius 1 is 0.979 bits per heavy atom. The monoisotopic (exact) mass is 832 g/mol. The molecule has 0 aliphatic rings. The normalized spacial score (nSPS) is 12.6. The van der Waals surface area contributed by atoms with E-state index in [1.807, 2.05) is 71.2 Å². The fraction of sp³-hybridized carbons (Fsp3) is 0.410. The molecule has 0 saturated heterocycles. The third-order valence-corrected chi connectivity index (χ3v) is 10.4. The molecule has 1 N–H and O–H groups in total. The number of aromatic nitrogens is 2. The van der Waals surface area contributed by atoms with Crippen LogP contribution in [-0.2, 0) is 30.3 Å². The number of rotatable bonds is 10. The number of hydrogen-bond donors (Lipinski definition) is 1. The predicted octanol–water partition coefficient (Wildman–Crippen LogP) is 11.8. The molecule has 3 heterocycles. The Labute approximate surface area is 296 Å². The number of fused-ring (bicyclic) bond motifs is 5. The molecule has 0 spiro atoms. The second-order valence-electron chi connectivity index (χ2n) is 13.4. The summed E-state index contributed by atoms with van der Waals surface area (Å²) >= 11 is 1.61. The molecule has 5 rings (SSSR count). The van der Waals surface area contributed by atoms with Crippen LogP contribution in [0.3, 0.4) is 0 Å². The molecule has 0 aliphatic heterocycles. The summed E-state index contributed by atoms with van der Waals surface area (Å²) in [5, 5.41) is 14.8. The van der Waals surface area contributed by atoms with Crippen LogP contribution in [0.1, 0.15) is 93.6 Å². The summed E-state index contributed by atoms with van der Waals surface area (Å²) in [7, 11) is 0. The quantitative estimate of drug-likeness (QED) is 0.0649. The number of furan rings is 2. The molecule has 1 radical (unpaired) electrons. The Balaban J connectivity index is 0.000000290. The topological polar surface area (TPSA) is 89.4 Å². The van der Waals surface area contributed by atoms with E-state index in [0.717, 1.165) is 63.6 Å². The average Bonchev–Trinajstić information content (AvgIpc) is 3.69. The predicted molar refractivity (Wildman–Crippen MR) is 191 cm³/mol. The van der Waals surface area contributed by atoms with Crippen LogP contribution < -0.4 is 0 Å². The van der Waals surface area contributed by atoms with Gasteiger partial charge in [0.2, 0.25) is 5.71 Å². The van der Waals surface area contributed by atoms with Gasteiger partial charge >= 0.3 is 0 Å². The van der Waals surface area contributed by atoms with Gasteiger partial charge in [0.05, 0.1) is 6.26 Å². The van der Waals surface area contributed by atoms with Crippen molar-refractivity contribution < 1.29 is 38.8 Å². The first kappa shape index (κ1) is 38.3. The fourth-order valence-corrected chi connectivity index (χ4v) is 6.16. The van der Waals surface area contributed by atoms with E-state index >= 15 is 0 Å². The average molecular weight is 832 g/mol. The van der Waals surface area contributed by atoms with Gasteiger partial charge in [-0.2, -0.15) is 11.8 Å². The number of carbonyl (C=O) groups is 1. The first-order valence-electron chi connectivity index (χ1n) is 16.1. The minimum atomic E-state index is -0.337. The summed E-state index contributed by atoms with van der Waals surface area (Å²) in [6, 6.07) is 13.6. The smallest absolute Gasteiger partial charge is 0.221 e. The maximum Gasteiger partial charge on any atom is 0.221 e. The molecule has 5 aromatic rings. The summed E-state index contributed by atoms with van der Waals surface area (Å²) in [5.74, 6) is 0.286. The van der Waals surface area contributed by atoms with Crippen molar-refractivity contribution in [2.45, 2.75) is 98.3 Å². The Bertz CT molecular complexity index is 1890. The van der Waals surface area contributed by atoms with Crippen LogP contribution in [-0.4, -0.2) is 20.9 Å². The number of carbonyl (C=O) groups excluding carboxylic acids is 1. The molecule has 0 saturated carbocycles. The van der Waals surface area contributed by atoms with Crippen LogP contribution in [0.4, 0.5) is 0 Å². The molecule has 0 fully saturated rings. The number of thioether (sulfide) groups is 1. The molecule has 8 heteroatoms. The molecule has 0 atom stereocenters. The number of benzene rings is 2. The number of nitrogens with zero attached hydrogens (tertiary/aromatic N) is 2. The van der Waals surface area contributed by atoms with Crippen LogP contribution in [0.15, 0.2) is 80.5 Å². The summed E-state index contributed by atoms with van der Waals surface area (Å²) < 4.78 is 11.7. The van der Waals surface area contributed by atoms with E-state index in [-0.39, 0.29) is 47.9 Å². The van der Waals surface area contributed by atoms with Crippen molar-refractivity contribution in [3.05, 3.63) is 78.4 Å². The molecular weight excluding hydrogens is 785 g/mol. The van der Waals surface area contributed by atoms with Crippen molar-refractivity contribution >= 4 is 50.6 Å². The van der Waals surface area contributed by atoms with Crippen LogP contribution in [0.5, 0.6) is 0 Å². The van der Waals surface area contributed by atoms with Gasteiger partial charge in [-0.15, -0.1) is 29.3 Å². The molecule has 0 aliphatic carbocycles. The fourth-order valence-electron chi connectivity index (χ4n) is 5.37. The minimum Gasteiger partial charge on any atom is -0.512 e. The number of aliphatic hydroxyl groups excluding tert-OH is 1. The zero-order valence-corrected chi connectivity index (χ0v) is 32.3. The van der Waals surface area contributed by atoms with Crippen molar-refractivity contribution in [2.24, 2.45) is 10.8 Å². The molecule has 0 unspecified atom stereocenters. The van der Waals surface area contributed by atoms with Gasteiger partial charge in [-0.1, -0.05) is 85.9 Å². The van der Waals surface area contributed by atoms with Gasteiger partial charge in [0, 0.05) is 58.9 Å². The number of allylic oxidation sites excluding steroid dienone is 2. The Morgan fingerprint density at radius 3 is 2.23 bits per heavy atom. The van der Waals surface area contributed by atoms with Gasteiger partial charge < -0.3 is 13.9 Å². The van der Waals surface area contributed by atoms with Crippen molar-refractivity contribution in [3.8, 4) is 11.3 Å². The van der Waals surface area contributed by atoms with Gasteiger partial charge in [0.25, 0.3) is 0 Å². The van der Waals surface area contributed by atoms with Gasteiger partial charge in [-0.05, 0) is 42.6 Å². The van der Waals surface area contributed by atoms with Gasteiger partial charge in [0.15, 0.2) is 16.9 Å². The largest absolute Gasteiger partial charge is 0.512 e. The molecule has 3 aromatic heterocycles. The molecular formula is C39H47IrN2O4S-. The summed E-state index contributed by atoms with van der Waals surface area (Å²) in [6.07, 6.45) is 7.96. The Hall–Kier alpha value is -3.19. The van der Waals surface area contributed by atoms with E-state index in [1.54, 1.807) is 18.0 Å². The number of aliphatic hydroxyl groups is 1. The summed E-state index contributed by atoms with van der Waals surface area (Å²) in [5.41, 5.74) is 4.28. The van der Waals surface area contributed by atoms with Gasteiger partial charge in [-0.3, -0.25) is 9.78 Å². The summed E-state index contributed by atoms with van der Waals surface area (Å²) in [6.45, 7) is 22.6. The maximum absolute atomic E-state index is 12.2. The Kier molecular flexibility index (Phi) is 12.5. The second kappa shape index (κ2) is 15.4. The molecule has 0 amide bonds. The number of ketones is 1. The molecule has 2 aromatic carbocycles. The van der Waals surface area contributed by atoms with Crippen molar-refractivity contribution in [1.82, 2.24) is 9.97 Å². The first-order chi connectivity index (χ1) is 21.8. The van der Waals surface area contributed by atoms with E-state index in [0.29, 0.717) is 11.3 Å². The molecule has 253 valence electrons. The maximum atomic E-state index is 12.2. The summed E-state index contributed by atoms with van der Waals surface area (Å²) in [4.78, 5) is 22.3. The van der Waals surface area contributed by atoms with Crippen molar-refractivity contribution in [2.75, 3.05) is 0 Å². The van der Waals surface area contributed by atoms with Crippen molar-refractivity contribution in [3.63, 3.8) is 0 Å². The first-order valence-corrected chi connectivity index (χ1v) is 17.0. The number of hydrogen-bond acceptors (Lipinski definition) is 7. The standard InChI is InChI=1S/C24H19N2O2S.C15H28O2.Ir/c1-5-29-18-9-7-15(12-17(18)24(2,3)4)20-19-16-8-6-14-10-11-27-21(14)22(16)28-23(19)26-13-25-20;1-7-14(5,8-2)12(16)11-13(17)15(6,9-3)10-4;/h5-6,8-13H,1H2,2-4H3;11,16H,7-10H2,1-6H3;/q-1;;/b;12-11-;. The van der Waals surface area contributed by atoms with Crippen LogP contribution in [0.2, 0.25) is 0 Å². The SMILES string of the molecule is C=CSc1c[c-]c(-c2ncnc3oc4c(ccc5ccoc54)c23)cc1C(C)(C)C.CCC(C)(CC)C(=O)/C=C(\O)C(C)(CC)CC.[Ir]. The Morgan fingerprint density at radius 2 is 1.64 bits per heavy atom. The van der Waals surface area contributed by atoms with Crippen molar-refractivity contribution in [1.29, 1.82) is 0 Å². The van der Waals surface area contributed by atoms with E-state index in [2.05, 4.69) is 49.5 Å². The zero-order valence-electron chi connectivity index (χ0n) is 29.0. The van der Waals surface area contributed by atoms with E-state index in [9.17, 15) is 9.90 Å².